The van der Waals surface area contributed by atoms with Gasteiger partial charge >= 0.3 is 0 Å². The molecule has 1 atom stereocenters. The number of nitrogens with one attached hydrogen (secondary N) is 1. The van der Waals surface area contributed by atoms with Gasteiger partial charge in [-0.2, -0.15) is 0 Å². The zero-order valence-corrected chi connectivity index (χ0v) is 13.6. The number of benzene rings is 1. The molecule has 0 amide bonds. The maximum absolute atomic E-state index is 6.09. The van der Waals surface area contributed by atoms with Crippen LogP contribution in [0.4, 0.5) is 5.69 Å². The van der Waals surface area contributed by atoms with Gasteiger partial charge in [0.2, 0.25) is 0 Å². The molecule has 2 fully saturated rings. The van der Waals surface area contributed by atoms with Crippen LogP contribution in [0.5, 0.6) is 5.75 Å². The Morgan fingerprint density at radius 1 is 1.45 bits per heavy atom. The fraction of sp³-hybridized carbons (Fsp3) is 0.562. The molecular formula is C16H23ClN4O. The predicted molar refractivity (Wildman–Crippen MR) is 90.8 cm³/mol. The van der Waals surface area contributed by atoms with Gasteiger partial charge < -0.3 is 20.7 Å². The van der Waals surface area contributed by atoms with Crippen LogP contribution in [-0.2, 0) is 0 Å². The molecule has 1 aromatic carbocycles. The maximum atomic E-state index is 6.09. The number of guanidine groups is 1. The highest BCUT2D eigenvalue weighted by Crippen LogP contribution is 2.31. The maximum Gasteiger partial charge on any atom is 0.193 e. The van der Waals surface area contributed by atoms with Gasteiger partial charge in [-0.1, -0.05) is 11.6 Å². The van der Waals surface area contributed by atoms with Crippen molar-refractivity contribution in [2.24, 2.45) is 16.6 Å². The fourth-order valence-corrected chi connectivity index (χ4v) is 3.20. The number of hydrogen-bond donors (Lipinski definition) is 2. The van der Waals surface area contributed by atoms with Gasteiger partial charge in [0.25, 0.3) is 0 Å². The van der Waals surface area contributed by atoms with Crippen molar-refractivity contribution in [3.63, 3.8) is 0 Å². The second-order valence-electron chi connectivity index (χ2n) is 6.08. The van der Waals surface area contributed by atoms with Crippen molar-refractivity contribution < 1.29 is 4.74 Å². The summed E-state index contributed by atoms with van der Waals surface area (Å²) in [6.45, 7) is 3.16. The van der Waals surface area contributed by atoms with Crippen molar-refractivity contribution in [3.8, 4) is 5.75 Å². The lowest BCUT2D eigenvalue weighted by atomic mass is 10.1. The summed E-state index contributed by atoms with van der Waals surface area (Å²) in [5.74, 6) is 1.71. The average molecular weight is 323 g/mol. The molecule has 120 valence electrons. The highest BCUT2D eigenvalue weighted by molar-refractivity contribution is 6.32. The van der Waals surface area contributed by atoms with Crippen LogP contribution in [0.15, 0.2) is 23.2 Å². The lowest BCUT2D eigenvalue weighted by Gasteiger charge is -2.14. The molecule has 0 bridgehead atoms. The van der Waals surface area contributed by atoms with Crippen molar-refractivity contribution in [2.45, 2.75) is 25.3 Å². The molecule has 22 heavy (non-hydrogen) atoms. The lowest BCUT2D eigenvalue weighted by Crippen LogP contribution is -2.25. The molecule has 6 heteroatoms. The molecule has 3 N–H and O–H groups in total. The van der Waals surface area contributed by atoms with Crippen molar-refractivity contribution in [3.05, 3.63) is 23.2 Å². The van der Waals surface area contributed by atoms with E-state index in [2.05, 4.69) is 15.2 Å². The zero-order valence-electron chi connectivity index (χ0n) is 12.9. The summed E-state index contributed by atoms with van der Waals surface area (Å²) in [4.78, 5) is 7.06. The van der Waals surface area contributed by atoms with Crippen molar-refractivity contribution in [1.29, 1.82) is 0 Å². The first-order valence-electron chi connectivity index (χ1n) is 7.80. The molecule has 3 rings (SSSR count). The van der Waals surface area contributed by atoms with E-state index < -0.39 is 0 Å². The first-order valence-corrected chi connectivity index (χ1v) is 8.18. The molecule has 1 unspecified atom stereocenters. The molecule has 1 saturated heterocycles. The van der Waals surface area contributed by atoms with Crippen LogP contribution in [0.25, 0.3) is 0 Å². The third-order valence-corrected chi connectivity index (χ3v) is 4.62. The number of ether oxygens (including phenoxy) is 1. The van der Waals surface area contributed by atoms with E-state index in [4.69, 9.17) is 22.1 Å². The van der Waals surface area contributed by atoms with E-state index in [9.17, 15) is 0 Å². The number of hydrogen-bond acceptors (Lipinski definition) is 3. The van der Waals surface area contributed by atoms with Crippen LogP contribution in [0.2, 0.25) is 5.02 Å². The number of rotatable bonds is 5. The summed E-state index contributed by atoms with van der Waals surface area (Å²) in [7, 11) is 1.59. The minimum Gasteiger partial charge on any atom is -0.495 e. The molecule has 1 aliphatic carbocycles. The Balaban J connectivity index is 1.50. The fourth-order valence-electron chi connectivity index (χ4n) is 2.94. The first-order chi connectivity index (χ1) is 10.7. The lowest BCUT2D eigenvalue weighted by molar-refractivity contribution is 0.315. The van der Waals surface area contributed by atoms with Crippen LogP contribution in [0, 0.1) is 5.92 Å². The zero-order chi connectivity index (χ0) is 15.5. The molecule has 0 aromatic heterocycles. The number of anilines is 1. The van der Waals surface area contributed by atoms with Gasteiger partial charge in [0.15, 0.2) is 5.96 Å². The Bertz CT molecular complexity index is 559. The van der Waals surface area contributed by atoms with E-state index in [0.29, 0.717) is 22.6 Å². The highest BCUT2D eigenvalue weighted by Gasteiger charge is 2.34. The summed E-state index contributed by atoms with van der Waals surface area (Å²) in [6, 6.07) is 6.32. The Morgan fingerprint density at radius 3 is 2.95 bits per heavy atom. The van der Waals surface area contributed by atoms with Crippen molar-refractivity contribution >= 4 is 23.2 Å². The second kappa shape index (κ2) is 6.75. The molecule has 2 aliphatic rings. The molecule has 1 aliphatic heterocycles. The Labute approximate surface area is 136 Å². The largest absolute Gasteiger partial charge is 0.495 e. The second-order valence-corrected chi connectivity index (χ2v) is 6.49. The topological polar surface area (TPSA) is 62.9 Å². The number of nitrogens with zero attached hydrogens (tertiary/aromatic N) is 2. The number of methoxy groups -OCH3 is 1. The SMILES string of the molecule is COc1ccc(NC(N)=NCC2CCN(C3CC3)C2)cc1Cl. The molecule has 1 aromatic rings. The van der Waals surface area contributed by atoms with E-state index in [0.717, 1.165) is 24.8 Å². The quantitative estimate of drug-likeness (QED) is 0.646. The molecule has 5 nitrogen and oxygen atoms in total. The summed E-state index contributed by atoms with van der Waals surface area (Å²) in [5.41, 5.74) is 6.78. The van der Waals surface area contributed by atoms with E-state index in [1.165, 1.54) is 25.8 Å². The highest BCUT2D eigenvalue weighted by atomic mass is 35.5. The summed E-state index contributed by atoms with van der Waals surface area (Å²) < 4.78 is 5.13. The number of halogens is 1. The van der Waals surface area contributed by atoms with Crippen LogP contribution in [0.3, 0.4) is 0 Å². The third kappa shape index (κ3) is 3.84. The van der Waals surface area contributed by atoms with E-state index >= 15 is 0 Å². The van der Waals surface area contributed by atoms with E-state index in [-0.39, 0.29) is 0 Å². The first kappa shape index (κ1) is 15.4. The Kier molecular flexibility index (Phi) is 4.74. The molecular weight excluding hydrogens is 300 g/mol. The van der Waals surface area contributed by atoms with Gasteiger partial charge in [-0.15, -0.1) is 0 Å². The van der Waals surface area contributed by atoms with Gasteiger partial charge in [-0.3, -0.25) is 4.99 Å². The van der Waals surface area contributed by atoms with Gasteiger partial charge in [-0.05, 0) is 49.9 Å². The Hall–Kier alpha value is -1.46. The van der Waals surface area contributed by atoms with E-state index in [1.807, 2.05) is 12.1 Å². The van der Waals surface area contributed by atoms with Crippen LogP contribution < -0.4 is 15.8 Å². The average Bonchev–Trinajstić information content (AvgIpc) is 3.24. The monoisotopic (exact) mass is 322 g/mol. The summed E-state index contributed by atoms with van der Waals surface area (Å²) >= 11 is 6.09. The minimum atomic E-state index is 0.436. The number of nitrogens with two attached hydrogens (primary N) is 1. The number of likely N-dealkylation sites (tertiary alicyclic amines) is 1. The molecule has 0 radical (unpaired) electrons. The minimum absolute atomic E-state index is 0.436. The van der Waals surface area contributed by atoms with Crippen molar-refractivity contribution in [2.75, 3.05) is 32.1 Å². The van der Waals surface area contributed by atoms with Gasteiger partial charge in [0.05, 0.1) is 12.1 Å². The molecule has 0 spiro atoms. The van der Waals surface area contributed by atoms with Gasteiger partial charge in [0.1, 0.15) is 5.75 Å². The van der Waals surface area contributed by atoms with Crippen LogP contribution in [-0.4, -0.2) is 43.6 Å². The molecule has 1 saturated carbocycles. The number of aliphatic imine (C=N–C) groups is 1. The van der Waals surface area contributed by atoms with Gasteiger partial charge in [-0.25, -0.2) is 0 Å². The third-order valence-electron chi connectivity index (χ3n) is 4.32. The van der Waals surface area contributed by atoms with Gasteiger partial charge in [0, 0.05) is 24.8 Å². The standard InChI is InChI=1S/C16H23ClN4O/c1-22-15-5-2-12(8-14(15)17)20-16(18)19-9-11-6-7-21(10-11)13-3-4-13/h2,5,8,11,13H,3-4,6-7,9-10H2,1H3,(H3,18,19,20). The summed E-state index contributed by atoms with van der Waals surface area (Å²) in [6.07, 6.45) is 3.97. The van der Waals surface area contributed by atoms with Crippen LogP contribution in [0.1, 0.15) is 19.3 Å². The summed E-state index contributed by atoms with van der Waals surface area (Å²) in [5, 5.41) is 3.63. The van der Waals surface area contributed by atoms with Crippen molar-refractivity contribution in [1.82, 2.24) is 4.90 Å². The Morgan fingerprint density at radius 2 is 2.27 bits per heavy atom. The van der Waals surface area contributed by atoms with E-state index in [1.54, 1.807) is 13.2 Å². The smallest absolute Gasteiger partial charge is 0.193 e. The molecule has 1 heterocycles. The predicted octanol–water partition coefficient (Wildman–Crippen LogP) is 2.56. The van der Waals surface area contributed by atoms with Crippen LogP contribution >= 0.6 is 11.6 Å². The normalized spacial score (nSPS) is 22.8.